The third kappa shape index (κ3) is 2.78. The van der Waals surface area contributed by atoms with Gasteiger partial charge in [0.2, 0.25) is 0 Å². The molecule has 2 unspecified atom stereocenters. The Morgan fingerprint density at radius 3 is 2.61 bits per heavy atom. The van der Waals surface area contributed by atoms with E-state index in [0.29, 0.717) is 6.04 Å². The van der Waals surface area contributed by atoms with Gasteiger partial charge in [-0.05, 0) is 49.9 Å². The lowest BCUT2D eigenvalue weighted by molar-refractivity contribution is 0.353. The van der Waals surface area contributed by atoms with Crippen LogP contribution in [-0.4, -0.2) is 27.3 Å². The van der Waals surface area contributed by atoms with Crippen LogP contribution in [0, 0.1) is 5.92 Å². The summed E-state index contributed by atoms with van der Waals surface area (Å²) in [6, 6.07) is 6.91. The molecule has 2 rings (SSSR count). The van der Waals surface area contributed by atoms with Crippen LogP contribution in [0.4, 0.5) is 0 Å². The SMILES string of the molecule is CNC1CCCC1Cc1ccc(OC)c(OC)c1. The number of ether oxygens (including phenoxy) is 2. The van der Waals surface area contributed by atoms with Gasteiger partial charge in [0.15, 0.2) is 11.5 Å². The molecule has 0 amide bonds. The molecule has 0 heterocycles. The number of hydrogen-bond acceptors (Lipinski definition) is 3. The van der Waals surface area contributed by atoms with E-state index in [4.69, 9.17) is 9.47 Å². The van der Waals surface area contributed by atoms with Crippen LogP contribution in [0.5, 0.6) is 11.5 Å². The van der Waals surface area contributed by atoms with Crippen LogP contribution in [0.15, 0.2) is 18.2 Å². The van der Waals surface area contributed by atoms with Gasteiger partial charge in [0.05, 0.1) is 14.2 Å². The number of rotatable bonds is 5. The Labute approximate surface area is 109 Å². The second-order valence-corrected chi connectivity index (χ2v) is 4.98. The molecule has 1 saturated carbocycles. The second-order valence-electron chi connectivity index (χ2n) is 4.98. The first kappa shape index (κ1) is 13.2. The highest BCUT2D eigenvalue weighted by molar-refractivity contribution is 5.43. The molecule has 1 aliphatic carbocycles. The first-order valence-electron chi connectivity index (χ1n) is 6.66. The van der Waals surface area contributed by atoms with Crippen molar-refractivity contribution in [3.05, 3.63) is 23.8 Å². The highest BCUT2D eigenvalue weighted by atomic mass is 16.5. The summed E-state index contributed by atoms with van der Waals surface area (Å²) in [5, 5.41) is 3.43. The number of nitrogens with one attached hydrogen (secondary N) is 1. The van der Waals surface area contributed by atoms with Crippen LogP contribution >= 0.6 is 0 Å². The molecule has 1 aliphatic rings. The van der Waals surface area contributed by atoms with E-state index in [1.807, 2.05) is 6.07 Å². The zero-order valence-corrected chi connectivity index (χ0v) is 11.5. The average molecular weight is 249 g/mol. The first-order valence-corrected chi connectivity index (χ1v) is 6.66. The molecule has 0 saturated heterocycles. The predicted molar refractivity (Wildman–Crippen MR) is 73.4 cm³/mol. The molecule has 100 valence electrons. The third-order valence-corrected chi connectivity index (χ3v) is 3.98. The number of methoxy groups -OCH3 is 2. The fourth-order valence-corrected chi connectivity index (χ4v) is 2.97. The van der Waals surface area contributed by atoms with Gasteiger partial charge in [-0.3, -0.25) is 0 Å². The molecule has 1 aromatic carbocycles. The fourth-order valence-electron chi connectivity index (χ4n) is 2.97. The van der Waals surface area contributed by atoms with E-state index in [-0.39, 0.29) is 0 Å². The molecule has 1 N–H and O–H groups in total. The van der Waals surface area contributed by atoms with Crippen LogP contribution in [0.3, 0.4) is 0 Å². The summed E-state index contributed by atoms with van der Waals surface area (Å²) in [6.07, 6.45) is 5.07. The highest BCUT2D eigenvalue weighted by Crippen LogP contribution is 2.32. The molecule has 0 aliphatic heterocycles. The summed E-state index contributed by atoms with van der Waals surface area (Å²) >= 11 is 0. The van der Waals surface area contributed by atoms with E-state index >= 15 is 0 Å². The maximum Gasteiger partial charge on any atom is 0.160 e. The summed E-state index contributed by atoms with van der Waals surface area (Å²) in [5.41, 5.74) is 1.33. The monoisotopic (exact) mass is 249 g/mol. The standard InChI is InChI=1S/C15H23NO2/c1-16-13-6-4-5-12(13)9-11-7-8-14(17-2)15(10-11)18-3/h7-8,10,12-13,16H,4-6,9H2,1-3H3. The zero-order valence-electron chi connectivity index (χ0n) is 11.5. The van der Waals surface area contributed by atoms with Gasteiger partial charge in [-0.1, -0.05) is 12.5 Å². The van der Waals surface area contributed by atoms with Crippen LogP contribution in [0.1, 0.15) is 24.8 Å². The van der Waals surface area contributed by atoms with Gasteiger partial charge in [0.25, 0.3) is 0 Å². The molecule has 0 bridgehead atoms. The largest absolute Gasteiger partial charge is 0.493 e. The van der Waals surface area contributed by atoms with Crippen LogP contribution in [0.25, 0.3) is 0 Å². The number of hydrogen-bond donors (Lipinski definition) is 1. The van der Waals surface area contributed by atoms with Crippen molar-refractivity contribution >= 4 is 0 Å². The summed E-state index contributed by atoms with van der Waals surface area (Å²) in [4.78, 5) is 0. The second kappa shape index (κ2) is 6.10. The lowest BCUT2D eigenvalue weighted by Gasteiger charge is -2.19. The van der Waals surface area contributed by atoms with E-state index in [9.17, 15) is 0 Å². The molecule has 3 heteroatoms. The fraction of sp³-hybridized carbons (Fsp3) is 0.600. The molecule has 2 atom stereocenters. The van der Waals surface area contributed by atoms with Gasteiger partial charge < -0.3 is 14.8 Å². The lowest BCUT2D eigenvalue weighted by Crippen LogP contribution is -2.30. The summed E-state index contributed by atoms with van der Waals surface area (Å²) in [6.45, 7) is 0. The van der Waals surface area contributed by atoms with Crippen LogP contribution in [0.2, 0.25) is 0 Å². The van der Waals surface area contributed by atoms with Crippen molar-refractivity contribution < 1.29 is 9.47 Å². The molecule has 1 aromatic rings. The molecule has 18 heavy (non-hydrogen) atoms. The Morgan fingerprint density at radius 2 is 1.94 bits per heavy atom. The maximum absolute atomic E-state index is 5.35. The Balaban J connectivity index is 2.09. The zero-order chi connectivity index (χ0) is 13.0. The molecule has 1 fully saturated rings. The molecule has 3 nitrogen and oxygen atoms in total. The highest BCUT2D eigenvalue weighted by Gasteiger charge is 2.26. The van der Waals surface area contributed by atoms with Crippen LogP contribution < -0.4 is 14.8 Å². The lowest BCUT2D eigenvalue weighted by atomic mass is 9.94. The van der Waals surface area contributed by atoms with E-state index in [2.05, 4.69) is 24.5 Å². The van der Waals surface area contributed by atoms with Crippen molar-refractivity contribution in [2.75, 3.05) is 21.3 Å². The Morgan fingerprint density at radius 1 is 1.17 bits per heavy atom. The minimum Gasteiger partial charge on any atom is -0.493 e. The average Bonchev–Trinajstić information content (AvgIpc) is 2.85. The normalized spacial score (nSPS) is 23.1. The third-order valence-electron chi connectivity index (χ3n) is 3.98. The topological polar surface area (TPSA) is 30.5 Å². The van der Waals surface area contributed by atoms with Gasteiger partial charge in [-0.15, -0.1) is 0 Å². The minimum atomic E-state index is 0.665. The van der Waals surface area contributed by atoms with E-state index in [0.717, 1.165) is 23.8 Å². The van der Waals surface area contributed by atoms with E-state index in [1.165, 1.54) is 24.8 Å². The van der Waals surface area contributed by atoms with Gasteiger partial charge >= 0.3 is 0 Å². The molecule has 0 radical (unpaired) electrons. The Hall–Kier alpha value is -1.22. The van der Waals surface area contributed by atoms with Gasteiger partial charge in [0, 0.05) is 6.04 Å². The first-order chi connectivity index (χ1) is 8.78. The van der Waals surface area contributed by atoms with Crippen molar-refractivity contribution in [1.82, 2.24) is 5.32 Å². The van der Waals surface area contributed by atoms with Crippen molar-refractivity contribution in [3.63, 3.8) is 0 Å². The molecular formula is C15H23NO2. The molecular weight excluding hydrogens is 226 g/mol. The predicted octanol–water partition coefficient (Wildman–Crippen LogP) is 2.63. The summed E-state index contributed by atoms with van der Waals surface area (Å²) < 4.78 is 10.6. The van der Waals surface area contributed by atoms with Crippen molar-refractivity contribution in [1.29, 1.82) is 0 Å². The van der Waals surface area contributed by atoms with Crippen molar-refractivity contribution in [3.8, 4) is 11.5 Å². The smallest absolute Gasteiger partial charge is 0.160 e. The van der Waals surface area contributed by atoms with Gasteiger partial charge in [0.1, 0.15) is 0 Å². The summed E-state index contributed by atoms with van der Waals surface area (Å²) in [5.74, 6) is 2.37. The van der Waals surface area contributed by atoms with Crippen LogP contribution in [-0.2, 0) is 6.42 Å². The minimum absolute atomic E-state index is 0.665. The Bertz CT molecular complexity index is 392. The van der Waals surface area contributed by atoms with Crippen molar-refractivity contribution in [2.24, 2.45) is 5.92 Å². The maximum atomic E-state index is 5.35. The summed E-state index contributed by atoms with van der Waals surface area (Å²) in [7, 11) is 5.43. The quantitative estimate of drug-likeness (QED) is 0.870. The number of benzene rings is 1. The van der Waals surface area contributed by atoms with Gasteiger partial charge in [-0.25, -0.2) is 0 Å². The van der Waals surface area contributed by atoms with Crippen molar-refractivity contribution in [2.45, 2.75) is 31.7 Å². The Kier molecular flexibility index (Phi) is 4.48. The van der Waals surface area contributed by atoms with E-state index in [1.54, 1.807) is 14.2 Å². The van der Waals surface area contributed by atoms with Gasteiger partial charge in [-0.2, -0.15) is 0 Å². The van der Waals surface area contributed by atoms with E-state index < -0.39 is 0 Å². The molecule has 0 spiro atoms. The molecule has 0 aromatic heterocycles.